The number of carbonyl (C=O) groups is 2. The second-order valence-electron chi connectivity index (χ2n) is 7.73. The molecule has 0 spiro atoms. The summed E-state index contributed by atoms with van der Waals surface area (Å²) < 4.78 is 0. The van der Waals surface area contributed by atoms with Crippen molar-refractivity contribution in [2.24, 2.45) is 17.3 Å². The maximum atomic E-state index is 12.1. The largest absolute Gasteiger partial charge is 0.481 e. The predicted molar refractivity (Wildman–Crippen MR) is 103 cm³/mol. The van der Waals surface area contributed by atoms with E-state index in [1.165, 1.54) is 6.42 Å². The van der Waals surface area contributed by atoms with Gasteiger partial charge in [-0.3, -0.25) is 9.59 Å². The molecular formula is C22H32O4. The zero-order chi connectivity index (χ0) is 19.0. The van der Waals surface area contributed by atoms with Crippen molar-refractivity contribution in [3.05, 3.63) is 36.5 Å². The SMILES string of the molecule is CCCCC1(C(O)C=C[C@H]2C=CC(=O)[C@@H]2C=CCCCC(=O)O)CCC1. The lowest BCUT2D eigenvalue weighted by molar-refractivity contribution is -0.137. The molecule has 0 saturated heterocycles. The maximum Gasteiger partial charge on any atom is 0.303 e. The highest BCUT2D eigenvalue weighted by Gasteiger charge is 2.41. The minimum atomic E-state index is -0.792. The molecular weight excluding hydrogens is 328 g/mol. The monoisotopic (exact) mass is 360 g/mol. The fourth-order valence-electron chi connectivity index (χ4n) is 3.94. The summed E-state index contributed by atoms with van der Waals surface area (Å²) in [7, 11) is 0. The van der Waals surface area contributed by atoms with Gasteiger partial charge in [0, 0.05) is 18.3 Å². The molecule has 1 unspecified atom stereocenters. The van der Waals surface area contributed by atoms with Gasteiger partial charge in [0.25, 0.3) is 0 Å². The van der Waals surface area contributed by atoms with Crippen LogP contribution < -0.4 is 0 Å². The normalized spacial score (nSPS) is 25.8. The molecule has 0 aromatic rings. The topological polar surface area (TPSA) is 74.6 Å². The van der Waals surface area contributed by atoms with Gasteiger partial charge in [-0.05, 0) is 43.6 Å². The Labute approximate surface area is 156 Å². The van der Waals surface area contributed by atoms with Crippen molar-refractivity contribution >= 4 is 11.8 Å². The van der Waals surface area contributed by atoms with Gasteiger partial charge in [0.15, 0.2) is 5.78 Å². The zero-order valence-corrected chi connectivity index (χ0v) is 15.8. The van der Waals surface area contributed by atoms with E-state index in [2.05, 4.69) is 6.92 Å². The number of hydrogen-bond donors (Lipinski definition) is 2. The van der Waals surface area contributed by atoms with Gasteiger partial charge in [0.1, 0.15) is 0 Å². The number of unbranched alkanes of at least 4 members (excludes halogenated alkanes) is 2. The molecule has 0 aliphatic heterocycles. The highest BCUT2D eigenvalue weighted by molar-refractivity contribution is 5.96. The highest BCUT2D eigenvalue weighted by atomic mass is 16.4. The van der Waals surface area contributed by atoms with Crippen LogP contribution in [0.15, 0.2) is 36.5 Å². The minimum Gasteiger partial charge on any atom is -0.481 e. The first kappa shape index (κ1) is 20.6. The number of aliphatic hydroxyl groups excluding tert-OH is 1. The van der Waals surface area contributed by atoms with E-state index in [0.717, 1.165) is 32.1 Å². The average Bonchev–Trinajstić information content (AvgIpc) is 2.91. The number of rotatable bonds is 11. The Morgan fingerprint density at radius 2 is 2.12 bits per heavy atom. The molecule has 0 amide bonds. The van der Waals surface area contributed by atoms with Crippen LogP contribution in [0.1, 0.15) is 64.7 Å². The van der Waals surface area contributed by atoms with E-state index in [0.29, 0.717) is 12.8 Å². The number of carbonyl (C=O) groups excluding carboxylic acids is 1. The fourth-order valence-corrected chi connectivity index (χ4v) is 3.94. The van der Waals surface area contributed by atoms with E-state index in [1.54, 1.807) is 6.08 Å². The van der Waals surface area contributed by atoms with Crippen molar-refractivity contribution in [3.8, 4) is 0 Å². The first-order chi connectivity index (χ1) is 12.5. The summed E-state index contributed by atoms with van der Waals surface area (Å²) in [5, 5.41) is 19.3. The summed E-state index contributed by atoms with van der Waals surface area (Å²) in [4.78, 5) is 22.6. The number of aliphatic carboxylic acids is 1. The van der Waals surface area contributed by atoms with Crippen LogP contribution in [0.25, 0.3) is 0 Å². The molecule has 2 aliphatic rings. The first-order valence-corrected chi connectivity index (χ1v) is 9.95. The molecule has 26 heavy (non-hydrogen) atoms. The van der Waals surface area contributed by atoms with Gasteiger partial charge in [0.2, 0.25) is 0 Å². The third-order valence-corrected chi connectivity index (χ3v) is 5.85. The standard InChI is InChI=1S/C22H32O4/c1-2-3-14-22(15-7-16-22)20(24)13-11-17-10-12-19(23)18(17)8-5-4-6-9-21(25)26/h5,8,10-13,17-18,20,24H,2-4,6-7,9,14-16H2,1H3,(H,25,26)/t17-,18-,20?/m1/s1. The quantitative estimate of drug-likeness (QED) is 0.422. The third kappa shape index (κ3) is 5.41. The summed E-state index contributed by atoms with van der Waals surface area (Å²) in [6.07, 6.45) is 18.9. The number of allylic oxidation sites excluding steroid dienone is 5. The van der Waals surface area contributed by atoms with E-state index in [9.17, 15) is 14.7 Å². The molecule has 1 saturated carbocycles. The summed E-state index contributed by atoms with van der Waals surface area (Å²) in [5.74, 6) is -0.958. The van der Waals surface area contributed by atoms with Crippen molar-refractivity contribution in [2.45, 2.75) is 70.8 Å². The molecule has 144 valence electrons. The average molecular weight is 360 g/mol. The van der Waals surface area contributed by atoms with E-state index >= 15 is 0 Å². The molecule has 2 aliphatic carbocycles. The molecule has 0 aromatic heterocycles. The van der Waals surface area contributed by atoms with Crippen molar-refractivity contribution in [1.29, 1.82) is 0 Å². The lowest BCUT2D eigenvalue weighted by Gasteiger charge is -2.45. The number of carboxylic acid groups (broad SMARTS) is 1. The summed E-state index contributed by atoms with van der Waals surface area (Å²) in [6.45, 7) is 2.18. The van der Waals surface area contributed by atoms with Crippen molar-refractivity contribution in [1.82, 2.24) is 0 Å². The van der Waals surface area contributed by atoms with Crippen molar-refractivity contribution < 1.29 is 19.8 Å². The zero-order valence-electron chi connectivity index (χ0n) is 15.8. The van der Waals surface area contributed by atoms with Gasteiger partial charge >= 0.3 is 5.97 Å². The van der Waals surface area contributed by atoms with Crippen LogP contribution in [-0.2, 0) is 9.59 Å². The Morgan fingerprint density at radius 3 is 2.73 bits per heavy atom. The summed E-state index contributed by atoms with van der Waals surface area (Å²) in [5.41, 5.74) is 0.0427. The van der Waals surface area contributed by atoms with Crippen LogP contribution in [-0.4, -0.2) is 28.1 Å². The number of hydrogen-bond acceptors (Lipinski definition) is 3. The van der Waals surface area contributed by atoms with Crippen LogP contribution in [0, 0.1) is 17.3 Å². The smallest absolute Gasteiger partial charge is 0.303 e. The lowest BCUT2D eigenvalue weighted by Crippen LogP contribution is -2.40. The summed E-state index contributed by atoms with van der Waals surface area (Å²) >= 11 is 0. The van der Waals surface area contributed by atoms with Gasteiger partial charge in [-0.1, -0.05) is 56.6 Å². The second-order valence-corrected chi connectivity index (χ2v) is 7.73. The molecule has 0 radical (unpaired) electrons. The van der Waals surface area contributed by atoms with E-state index < -0.39 is 12.1 Å². The van der Waals surface area contributed by atoms with Crippen LogP contribution >= 0.6 is 0 Å². The highest BCUT2D eigenvalue weighted by Crippen LogP contribution is 2.48. The third-order valence-electron chi connectivity index (χ3n) is 5.85. The predicted octanol–water partition coefficient (Wildman–Crippen LogP) is 4.45. The van der Waals surface area contributed by atoms with E-state index in [4.69, 9.17) is 5.11 Å². The van der Waals surface area contributed by atoms with E-state index in [-0.39, 0.29) is 29.5 Å². The van der Waals surface area contributed by atoms with Gasteiger partial charge in [-0.15, -0.1) is 0 Å². The molecule has 1 fully saturated rings. The molecule has 0 bridgehead atoms. The Morgan fingerprint density at radius 1 is 1.35 bits per heavy atom. The Bertz CT molecular complexity index is 569. The number of carboxylic acids is 1. The van der Waals surface area contributed by atoms with Crippen LogP contribution in [0.5, 0.6) is 0 Å². The molecule has 3 atom stereocenters. The second kappa shape index (κ2) is 9.86. The molecule has 2 rings (SSSR count). The Kier molecular flexibility index (Phi) is 7.83. The summed E-state index contributed by atoms with van der Waals surface area (Å²) in [6, 6.07) is 0. The van der Waals surface area contributed by atoms with Gasteiger partial charge in [0.05, 0.1) is 6.10 Å². The molecule has 4 heteroatoms. The number of aliphatic hydroxyl groups is 1. The molecule has 2 N–H and O–H groups in total. The fraction of sp³-hybridized carbons (Fsp3) is 0.636. The van der Waals surface area contributed by atoms with Crippen LogP contribution in [0.4, 0.5) is 0 Å². The minimum absolute atomic E-state index is 0.0174. The van der Waals surface area contributed by atoms with Gasteiger partial charge in [-0.25, -0.2) is 0 Å². The maximum absolute atomic E-state index is 12.1. The van der Waals surface area contributed by atoms with Gasteiger partial charge < -0.3 is 10.2 Å². The van der Waals surface area contributed by atoms with Gasteiger partial charge in [-0.2, -0.15) is 0 Å². The molecule has 4 nitrogen and oxygen atoms in total. The lowest BCUT2D eigenvalue weighted by atomic mass is 9.62. The molecule has 0 aromatic carbocycles. The van der Waals surface area contributed by atoms with Crippen LogP contribution in [0.3, 0.4) is 0 Å². The first-order valence-electron chi connectivity index (χ1n) is 9.95. The number of ketones is 1. The molecule has 0 heterocycles. The van der Waals surface area contributed by atoms with Crippen molar-refractivity contribution in [2.75, 3.05) is 0 Å². The van der Waals surface area contributed by atoms with E-state index in [1.807, 2.05) is 30.4 Å². The van der Waals surface area contributed by atoms with Crippen molar-refractivity contribution in [3.63, 3.8) is 0 Å². The Balaban J connectivity index is 1.90. The van der Waals surface area contributed by atoms with Crippen LogP contribution in [0.2, 0.25) is 0 Å². The Hall–Kier alpha value is -1.68.